The van der Waals surface area contributed by atoms with Crippen LogP contribution in [0, 0.1) is 44.3 Å². The minimum absolute atomic E-state index is 0.00457. The summed E-state index contributed by atoms with van der Waals surface area (Å²) in [5.74, 6) is -18.3. The highest BCUT2D eigenvalue weighted by Crippen LogP contribution is 2.22. The Kier molecular flexibility index (Phi) is 51.2. The molecule has 0 aliphatic carbocycles. The molecule has 16 atom stereocenters. The van der Waals surface area contributed by atoms with E-state index in [2.05, 4.69) is 126 Å². The molecular formula is C95H147N37O17. The Hall–Kier alpha value is -16.6. The Labute approximate surface area is 861 Å². The molecule has 0 fully saturated rings. The smallest absolute Gasteiger partial charge is 0.326 e. The van der Waals surface area contributed by atoms with Gasteiger partial charge in [-0.05, 0) is 142 Å². The van der Waals surface area contributed by atoms with Gasteiger partial charge < -0.3 is 167 Å². The number of amides is 14. The number of carbonyl (C=O) groups is 15. The average molecular weight is 2080 g/mol. The maximum absolute atomic E-state index is 15.5. The first-order valence-corrected chi connectivity index (χ1v) is 49.0. The zero-order valence-electron chi connectivity index (χ0n) is 84.3. The average Bonchev–Trinajstić information content (AvgIpc) is 1.11. The van der Waals surface area contributed by atoms with Gasteiger partial charge in [-0.3, -0.25) is 99.6 Å². The lowest BCUT2D eigenvalue weighted by molar-refractivity contribution is -0.142. The van der Waals surface area contributed by atoms with Crippen LogP contribution in [0.2, 0.25) is 0 Å². The largest absolute Gasteiger partial charge is 0.480 e. The molecule has 2 heterocycles. The van der Waals surface area contributed by atoms with Crippen molar-refractivity contribution in [1.82, 2.24) is 126 Å². The third kappa shape index (κ3) is 44.1. The lowest BCUT2D eigenvalue weighted by atomic mass is 9.95. The molecule has 6 rings (SSSR count). The summed E-state index contributed by atoms with van der Waals surface area (Å²) in [7, 11) is 0. The van der Waals surface area contributed by atoms with Crippen LogP contribution >= 0.6 is 0 Å². The SMILES string of the molecule is CC[C@H](C)[C@H](NC(=O)[C@H](CC(C)C)NC(=O)[C@H](CO)NC(=O)[C@H](CCCNC(=N)N)NC(=O)[C@H](C)NC(=O)[C@@H](N)Cc1cnc[nH]1)C(=O)N[C@@H](Cc1ccc2ccccc2c1)C(=O)N[C@@H](CCCNC(=N)N)C(=O)N[C@@H](Cc1cnc[nH]1)C(=O)N[C@@H](C)C(=O)N[C@@H](CCCNC(=N)N)C(=O)N[C@@H](CCCNC(=N)N)C(=O)N[C@@H](Cc1ccc2ccccc2c1)C(=O)N[C@@H](CCCNC(=N)N)C(=O)N[C@@H](CCCNC(=N)N)C(=O)O. The summed E-state index contributed by atoms with van der Waals surface area (Å²) in [4.78, 5) is 232. The van der Waals surface area contributed by atoms with Crippen LogP contribution in [0.15, 0.2) is 110 Å². The number of carbonyl (C=O) groups excluding carboxylic acids is 14. The molecule has 0 unspecified atom stereocenters. The van der Waals surface area contributed by atoms with Crippen LogP contribution in [-0.4, -0.2) is 291 Å². The summed E-state index contributed by atoms with van der Waals surface area (Å²) in [5.41, 5.74) is 41.3. The number of imidazole rings is 2. The van der Waals surface area contributed by atoms with E-state index in [9.17, 15) is 48.6 Å². The number of H-pyrrole nitrogens is 2. The monoisotopic (exact) mass is 2080 g/mol. The maximum atomic E-state index is 15.5. The number of carboxylic acid groups (broad SMARTS) is 1. The van der Waals surface area contributed by atoms with Gasteiger partial charge in [0.25, 0.3) is 0 Å². The fraction of sp³-hybridized carbons (Fsp3) is 0.505. The molecule has 14 amide bonds. The van der Waals surface area contributed by atoms with Gasteiger partial charge >= 0.3 is 5.97 Å². The van der Waals surface area contributed by atoms with Crippen molar-refractivity contribution in [2.75, 3.05) is 45.9 Å². The lowest BCUT2D eigenvalue weighted by Crippen LogP contribution is -2.62. The predicted octanol–water partition coefficient (Wildman–Crippen LogP) is -6.39. The molecule has 0 radical (unpaired) electrons. The molecule has 0 spiro atoms. The number of hydrogen-bond donors (Lipinski definition) is 37. The Morgan fingerprint density at radius 1 is 0.329 bits per heavy atom. The van der Waals surface area contributed by atoms with Crippen LogP contribution in [0.25, 0.3) is 21.5 Å². The topological polar surface area (TPSA) is 920 Å². The molecule has 814 valence electrons. The van der Waals surface area contributed by atoms with Gasteiger partial charge in [-0.25, -0.2) is 14.8 Å². The van der Waals surface area contributed by atoms with E-state index in [0.29, 0.717) is 16.8 Å². The molecule has 2 aromatic heterocycles. The molecule has 6 aromatic rings. The summed E-state index contributed by atoms with van der Waals surface area (Å²) < 4.78 is 0. The zero-order valence-corrected chi connectivity index (χ0v) is 84.3. The van der Waals surface area contributed by atoms with Gasteiger partial charge in [0.1, 0.15) is 84.6 Å². The van der Waals surface area contributed by atoms with Gasteiger partial charge in [-0.15, -0.1) is 0 Å². The number of carboxylic acids is 1. The first-order valence-electron chi connectivity index (χ1n) is 49.0. The fourth-order valence-electron chi connectivity index (χ4n) is 15.6. The van der Waals surface area contributed by atoms with Crippen molar-refractivity contribution in [2.45, 2.75) is 248 Å². The molecule has 0 saturated carbocycles. The van der Waals surface area contributed by atoms with Gasteiger partial charge in [-0.2, -0.15) is 0 Å². The number of aliphatic hydroxyl groups excluding tert-OH is 1. The van der Waals surface area contributed by atoms with Gasteiger partial charge in [0.15, 0.2) is 35.8 Å². The van der Waals surface area contributed by atoms with Crippen LogP contribution in [0.3, 0.4) is 0 Å². The lowest BCUT2D eigenvalue weighted by Gasteiger charge is -2.30. The molecule has 54 nitrogen and oxygen atoms in total. The molecule has 0 aliphatic heterocycles. The number of aromatic nitrogens is 4. The number of aliphatic hydroxyl groups is 1. The molecule has 0 bridgehead atoms. The second kappa shape index (κ2) is 63.0. The normalized spacial score (nSPS) is 14.3. The van der Waals surface area contributed by atoms with Crippen LogP contribution < -0.4 is 146 Å². The first-order chi connectivity index (χ1) is 70.8. The van der Waals surface area contributed by atoms with E-state index < -0.39 is 216 Å². The molecule has 54 heteroatoms. The Morgan fingerprint density at radius 2 is 0.611 bits per heavy atom. The van der Waals surface area contributed by atoms with E-state index in [-0.39, 0.29) is 178 Å². The van der Waals surface area contributed by atoms with Crippen LogP contribution in [0.1, 0.15) is 154 Å². The third-order valence-electron chi connectivity index (χ3n) is 23.9. The van der Waals surface area contributed by atoms with Gasteiger partial charge in [0, 0.05) is 88.7 Å². The van der Waals surface area contributed by atoms with Crippen molar-refractivity contribution < 1.29 is 82.1 Å². The Morgan fingerprint density at radius 3 is 0.946 bits per heavy atom. The number of aromatic amines is 2. The minimum Gasteiger partial charge on any atom is -0.480 e. The van der Waals surface area contributed by atoms with Crippen molar-refractivity contribution in [3.8, 4) is 0 Å². The first kappa shape index (κ1) is 121. The molecule has 4 aromatic carbocycles. The maximum Gasteiger partial charge on any atom is 0.326 e. The summed E-state index contributed by atoms with van der Waals surface area (Å²) in [5, 5.41) is 123. The van der Waals surface area contributed by atoms with Crippen molar-refractivity contribution in [1.29, 1.82) is 32.5 Å². The van der Waals surface area contributed by atoms with Crippen LogP contribution in [0.5, 0.6) is 0 Å². The summed E-state index contributed by atoms with van der Waals surface area (Å²) >= 11 is 0. The number of nitrogens with two attached hydrogens (primary N) is 7. The van der Waals surface area contributed by atoms with Crippen molar-refractivity contribution >= 4 is 146 Å². The number of nitrogens with one attached hydrogen (secondary N) is 28. The van der Waals surface area contributed by atoms with E-state index in [4.69, 9.17) is 72.6 Å². The van der Waals surface area contributed by atoms with E-state index in [1.165, 1.54) is 38.9 Å². The molecule has 149 heavy (non-hydrogen) atoms. The quantitative estimate of drug-likeness (QED) is 0.00959. The molecule has 0 aliphatic rings. The van der Waals surface area contributed by atoms with Crippen molar-refractivity contribution in [3.05, 3.63) is 132 Å². The highest BCUT2D eigenvalue weighted by atomic mass is 16.4. The van der Waals surface area contributed by atoms with E-state index >= 15 is 33.6 Å². The van der Waals surface area contributed by atoms with Gasteiger partial charge in [-0.1, -0.05) is 119 Å². The van der Waals surface area contributed by atoms with Crippen molar-refractivity contribution in [3.63, 3.8) is 0 Å². The van der Waals surface area contributed by atoms with E-state index in [0.717, 1.165) is 21.5 Å². The third-order valence-corrected chi connectivity index (χ3v) is 23.9. The standard InChI is InChI=1S/C95H147N37O17/c1-7-51(4)74(132-86(145)69(38-50(2)3)127-87(146)73(47-133)131-82(141)64(23-13-33-112-91(99)100)122-75(134)52(5)119-77(136)62(96)43-60-45-109-48-117-60)88(147)130-71(42-55-29-31-57-19-9-11-21-59(57)40-55)85(144)125-67(26-16-36-115-94(105)106)81(140)129-72(44-61-46-110-49-118-61)83(142)120-53(6)76(135)121-63(22-12-32-111-90(97)98)78(137)123-66(25-15-35-114-93(103)104)80(139)128-70(41-54-28-30-56-18-8-10-20-58(56)39-54)84(143)124-65(24-14-34-113-92(101)102)79(138)126-68(89(148)149)27-17-37-116-95(107)108/h8-11,18-21,28-31,39-40,45-46,48-53,62-74,133H,7,12-17,22-27,32-38,41-44,47,96H2,1-6H3,(H,109,117)(H,110,118)(H,119,136)(H,120,142)(H,121,135)(H,122,134)(H,123,137)(H,124,143)(H,125,144)(H,126,138)(H,127,146)(H,128,139)(H,129,140)(H,130,147)(H,131,141)(H,132,145)(H,148,149)(H4,97,98,111)(H4,99,100,112)(H4,101,102,113)(H4,103,104,114)(H4,105,106,115)(H4,107,108,116)/t51-,52-,53-,62-,63-,64-,65-,66-,67-,68-,69-,70-,71-,72-,73-,74-/m0/s1. The van der Waals surface area contributed by atoms with E-state index in [1.54, 1.807) is 76.2 Å². The number of aliphatic carboxylic acids is 1. The summed E-state index contributed by atoms with van der Waals surface area (Å²) in [6, 6.07) is 2.29. The fourth-order valence-corrected chi connectivity index (χ4v) is 15.6. The minimum atomic E-state index is -1.78. The van der Waals surface area contributed by atoms with Crippen LogP contribution in [0.4, 0.5) is 0 Å². The highest BCUT2D eigenvalue weighted by Gasteiger charge is 2.40. The number of nitrogens with zero attached hydrogens (tertiary/aromatic N) is 2. The number of rotatable bonds is 66. The number of fused-ring (bicyclic) bond motifs is 2. The van der Waals surface area contributed by atoms with Crippen LogP contribution in [-0.2, 0) is 97.6 Å². The second-order valence-corrected chi connectivity index (χ2v) is 36.5. The molecule has 44 N–H and O–H groups in total. The molecule has 0 saturated heterocycles. The van der Waals surface area contributed by atoms with Gasteiger partial charge in [0.05, 0.1) is 25.3 Å². The van der Waals surface area contributed by atoms with Crippen molar-refractivity contribution in [2.24, 2.45) is 52.0 Å². The Balaban J connectivity index is 1.28. The van der Waals surface area contributed by atoms with E-state index in [1.807, 2.05) is 36.4 Å². The second-order valence-electron chi connectivity index (χ2n) is 36.5. The number of hydrogen-bond acceptors (Lipinski definition) is 25. The Bertz CT molecular complexity index is 5540. The summed E-state index contributed by atoms with van der Waals surface area (Å²) in [6.07, 6.45) is 3.95. The molecular weight excluding hydrogens is 1930 g/mol. The number of benzene rings is 4. The summed E-state index contributed by atoms with van der Waals surface area (Å²) in [6.45, 7) is 8.43. The predicted molar refractivity (Wildman–Crippen MR) is 555 cm³/mol. The number of guanidine groups is 6. The zero-order chi connectivity index (χ0) is 110. The highest BCUT2D eigenvalue weighted by molar-refractivity contribution is 6.01. The van der Waals surface area contributed by atoms with Gasteiger partial charge in [0.2, 0.25) is 82.7 Å².